The van der Waals surface area contributed by atoms with E-state index in [1.54, 1.807) is 10.5 Å². The van der Waals surface area contributed by atoms with E-state index in [2.05, 4.69) is 56.3 Å². The summed E-state index contributed by atoms with van der Waals surface area (Å²) in [5, 5.41) is 0. The van der Waals surface area contributed by atoms with Crippen molar-refractivity contribution in [2.45, 2.75) is 50.8 Å². The van der Waals surface area contributed by atoms with Crippen LogP contribution in [0.4, 0.5) is 0 Å². The zero-order valence-electron chi connectivity index (χ0n) is 13.2. The summed E-state index contributed by atoms with van der Waals surface area (Å²) in [5.41, 5.74) is 1.55. The fraction of sp³-hybridized carbons (Fsp3) is 0.500. The zero-order valence-corrected chi connectivity index (χ0v) is 14.0. The van der Waals surface area contributed by atoms with Gasteiger partial charge >= 0.3 is 0 Å². The van der Waals surface area contributed by atoms with Crippen molar-refractivity contribution in [1.29, 1.82) is 0 Å². The number of allylic oxidation sites excluding steroid dienone is 4. The molecule has 1 aliphatic heterocycles. The lowest BCUT2D eigenvalue weighted by atomic mass is 9.78. The van der Waals surface area contributed by atoms with E-state index in [4.69, 9.17) is 0 Å². The summed E-state index contributed by atoms with van der Waals surface area (Å²) in [7, 11) is 0. The number of benzene rings is 1. The minimum atomic E-state index is 0.725. The first-order valence-electron chi connectivity index (χ1n) is 8.42. The van der Waals surface area contributed by atoms with Crippen molar-refractivity contribution in [2.75, 3.05) is 0 Å². The number of hydrogen-bond acceptors (Lipinski definition) is 1. The Balaban J connectivity index is 1.86. The molecule has 0 N–H and O–H groups in total. The van der Waals surface area contributed by atoms with Gasteiger partial charge in [0.05, 0.1) is 0 Å². The third kappa shape index (κ3) is 3.29. The highest BCUT2D eigenvalue weighted by Crippen LogP contribution is 2.46. The molecule has 0 radical (unpaired) electrons. The molecule has 0 bridgehead atoms. The number of aryl methyl sites for hydroxylation is 1. The fourth-order valence-corrected chi connectivity index (χ4v) is 5.15. The summed E-state index contributed by atoms with van der Waals surface area (Å²) in [5.74, 6) is 2.28. The first-order valence-corrected chi connectivity index (χ1v) is 9.23. The Labute approximate surface area is 133 Å². The van der Waals surface area contributed by atoms with E-state index in [1.807, 2.05) is 11.8 Å². The van der Waals surface area contributed by atoms with Crippen molar-refractivity contribution in [3.63, 3.8) is 0 Å². The molecule has 3 rings (SSSR count). The minimum Gasteiger partial charge on any atom is -0.0943 e. The lowest BCUT2D eigenvalue weighted by molar-refractivity contribution is 0.363. The summed E-state index contributed by atoms with van der Waals surface area (Å²) >= 11 is 2.05. The van der Waals surface area contributed by atoms with Gasteiger partial charge in [0.2, 0.25) is 0 Å². The smallest absolute Gasteiger partial charge is 0.0151 e. The molecule has 0 nitrogen and oxygen atoms in total. The van der Waals surface area contributed by atoms with Gasteiger partial charge in [-0.3, -0.25) is 0 Å². The molecule has 0 spiro atoms. The largest absolute Gasteiger partial charge is 0.0943 e. The van der Waals surface area contributed by atoms with Crippen LogP contribution in [0.15, 0.2) is 52.3 Å². The van der Waals surface area contributed by atoms with Crippen molar-refractivity contribution in [3.8, 4) is 0 Å². The molecule has 0 saturated carbocycles. The number of hydrogen-bond donors (Lipinski definition) is 0. The molecule has 0 fully saturated rings. The molecule has 1 aliphatic carbocycles. The Morgan fingerprint density at radius 2 is 2.10 bits per heavy atom. The van der Waals surface area contributed by atoms with Crippen molar-refractivity contribution in [3.05, 3.63) is 53.0 Å². The van der Waals surface area contributed by atoms with Gasteiger partial charge in [0.15, 0.2) is 0 Å². The maximum absolute atomic E-state index is 2.62. The number of fused-ring (bicyclic) bond motifs is 2. The summed E-state index contributed by atoms with van der Waals surface area (Å²) in [6, 6.07) is 8.98. The molecule has 2 unspecified atom stereocenters. The first-order chi connectivity index (χ1) is 10.3. The maximum Gasteiger partial charge on any atom is 0.0151 e. The summed E-state index contributed by atoms with van der Waals surface area (Å²) in [6.07, 6.45) is 13.9. The molecule has 0 amide bonds. The SMILES string of the molecule is C/C=C\[C@H](CC)C1C=C2Sc3ccccc3CCC2CC1. The number of thioether (sulfide) groups is 1. The average Bonchev–Trinajstić information content (AvgIpc) is 2.71. The highest BCUT2D eigenvalue weighted by molar-refractivity contribution is 8.03. The maximum atomic E-state index is 2.62. The Morgan fingerprint density at radius 3 is 2.90 bits per heavy atom. The second-order valence-electron chi connectivity index (χ2n) is 6.35. The van der Waals surface area contributed by atoms with E-state index in [-0.39, 0.29) is 0 Å². The van der Waals surface area contributed by atoms with Crippen LogP contribution in [-0.2, 0) is 6.42 Å². The molecule has 1 aromatic carbocycles. The monoisotopic (exact) mass is 298 g/mol. The van der Waals surface area contributed by atoms with E-state index in [0.29, 0.717) is 0 Å². The lowest BCUT2D eigenvalue weighted by Gasteiger charge is -2.30. The minimum absolute atomic E-state index is 0.725. The van der Waals surface area contributed by atoms with Crippen molar-refractivity contribution < 1.29 is 0 Å². The van der Waals surface area contributed by atoms with Gasteiger partial charge in [-0.05, 0) is 73.3 Å². The van der Waals surface area contributed by atoms with Crippen molar-refractivity contribution in [1.82, 2.24) is 0 Å². The topological polar surface area (TPSA) is 0 Å². The second-order valence-corrected chi connectivity index (χ2v) is 7.47. The van der Waals surface area contributed by atoms with E-state index in [9.17, 15) is 0 Å². The Morgan fingerprint density at radius 1 is 1.24 bits per heavy atom. The predicted octanol–water partition coefficient (Wildman–Crippen LogP) is 6.24. The van der Waals surface area contributed by atoms with Crippen LogP contribution < -0.4 is 0 Å². The van der Waals surface area contributed by atoms with E-state index in [1.165, 1.54) is 37.0 Å². The van der Waals surface area contributed by atoms with Crippen LogP contribution in [-0.4, -0.2) is 0 Å². The van der Waals surface area contributed by atoms with Gasteiger partial charge in [-0.15, -0.1) is 0 Å². The zero-order chi connectivity index (χ0) is 14.7. The first kappa shape index (κ1) is 15.0. The van der Waals surface area contributed by atoms with Gasteiger partial charge in [-0.1, -0.05) is 55.1 Å². The number of rotatable bonds is 3. The highest BCUT2D eigenvalue weighted by Gasteiger charge is 2.28. The standard InChI is InChI=1S/C20H26S/c1-3-7-15(4-2)18-13-12-17-11-10-16-8-5-6-9-19(16)21-20(17)14-18/h3,5-9,14-15,17-18H,4,10-13H2,1-2H3/b7-3-/t15-,17?,18?/m0/s1. The molecule has 3 atom stereocenters. The normalized spacial score (nSPS) is 26.7. The van der Waals surface area contributed by atoms with Crippen LogP contribution in [0.1, 0.15) is 45.1 Å². The van der Waals surface area contributed by atoms with Crippen LogP contribution in [0.3, 0.4) is 0 Å². The molecular formula is C20H26S. The van der Waals surface area contributed by atoms with Gasteiger partial charge in [0.25, 0.3) is 0 Å². The second kappa shape index (κ2) is 6.87. The van der Waals surface area contributed by atoms with Crippen LogP contribution >= 0.6 is 11.8 Å². The fourth-order valence-electron chi connectivity index (χ4n) is 3.80. The Bertz CT molecular complexity index is 541. The van der Waals surface area contributed by atoms with Crippen LogP contribution in [0.25, 0.3) is 0 Å². The summed E-state index contributed by atoms with van der Waals surface area (Å²) in [4.78, 5) is 3.14. The quantitative estimate of drug-likeness (QED) is 0.595. The molecule has 21 heavy (non-hydrogen) atoms. The lowest BCUT2D eigenvalue weighted by Crippen LogP contribution is -2.18. The van der Waals surface area contributed by atoms with Crippen LogP contribution in [0, 0.1) is 17.8 Å². The molecule has 112 valence electrons. The van der Waals surface area contributed by atoms with Gasteiger partial charge in [0, 0.05) is 4.90 Å². The van der Waals surface area contributed by atoms with Crippen molar-refractivity contribution >= 4 is 11.8 Å². The van der Waals surface area contributed by atoms with Crippen molar-refractivity contribution in [2.24, 2.45) is 17.8 Å². The van der Waals surface area contributed by atoms with Gasteiger partial charge in [0.1, 0.15) is 0 Å². The van der Waals surface area contributed by atoms with E-state index < -0.39 is 0 Å². The third-order valence-electron chi connectivity index (χ3n) is 5.05. The molecule has 1 heterocycles. The molecule has 1 aromatic rings. The summed E-state index contributed by atoms with van der Waals surface area (Å²) in [6.45, 7) is 4.48. The Hall–Kier alpha value is -0.950. The molecule has 2 aliphatic rings. The van der Waals surface area contributed by atoms with Gasteiger partial charge < -0.3 is 0 Å². The Kier molecular flexibility index (Phi) is 4.90. The average molecular weight is 298 g/mol. The molecule has 0 saturated heterocycles. The van der Waals surface area contributed by atoms with E-state index in [0.717, 1.165) is 17.8 Å². The van der Waals surface area contributed by atoms with Gasteiger partial charge in [-0.2, -0.15) is 0 Å². The molecular weight excluding hydrogens is 272 g/mol. The van der Waals surface area contributed by atoms with Crippen LogP contribution in [0.5, 0.6) is 0 Å². The molecule has 1 heteroatoms. The highest BCUT2D eigenvalue weighted by atomic mass is 32.2. The van der Waals surface area contributed by atoms with E-state index >= 15 is 0 Å². The summed E-state index contributed by atoms with van der Waals surface area (Å²) < 4.78 is 0. The van der Waals surface area contributed by atoms with Gasteiger partial charge in [-0.25, -0.2) is 0 Å². The molecule has 0 aromatic heterocycles. The third-order valence-corrected chi connectivity index (χ3v) is 6.38. The predicted molar refractivity (Wildman–Crippen MR) is 93.5 cm³/mol. The van der Waals surface area contributed by atoms with Crippen LogP contribution in [0.2, 0.25) is 0 Å².